The maximum absolute atomic E-state index is 13.1. The molecule has 0 spiro atoms. The first-order chi connectivity index (χ1) is 13.1. The van der Waals surface area contributed by atoms with Crippen molar-refractivity contribution in [3.8, 4) is 0 Å². The summed E-state index contributed by atoms with van der Waals surface area (Å²) >= 11 is 0. The fraction of sp³-hybridized carbons (Fsp3) is 0.381. The van der Waals surface area contributed by atoms with Gasteiger partial charge in [-0.15, -0.1) is 0 Å². The Balaban J connectivity index is 1.55. The van der Waals surface area contributed by atoms with Crippen LogP contribution in [0.15, 0.2) is 53.4 Å². The second-order valence-electron chi connectivity index (χ2n) is 7.29. The molecule has 0 atom stereocenters. The van der Waals surface area contributed by atoms with Crippen molar-refractivity contribution in [1.82, 2.24) is 5.32 Å². The van der Waals surface area contributed by atoms with E-state index in [2.05, 4.69) is 5.32 Å². The predicted octanol–water partition coefficient (Wildman–Crippen LogP) is 3.50. The minimum Gasteiger partial charge on any atom is -0.349 e. The van der Waals surface area contributed by atoms with Crippen LogP contribution in [-0.4, -0.2) is 26.9 Å². The third-order valence-corrected chi connectivity index (χ3v) is 7.29. The van der Waals surface area contributed by atoms with E-state index in [9.17, 15) is 13.2 Å². The summed E-state index contributed by atoms with van der Waals surface area (Å²) in [6.45, 7) is 0.475. The number of aryl methyl sites for hydroxylation is 1. The van der Waals surface area contributed by atoms with Crippen molar-refractivity contribution in [1.29, 1.82) is 0 Å². The number of hydrogen-bond donors (Lipinski definition) is 1. The number of fused-ring (bicyclic) bond motifs is 1. The van der Waals surface area contributed by atoms with Gasteiger partial charge in [-0.1, -0.05) is 31.0 Å². The van der Waals surface area contributed by atoms with Gasteiger partial charge in [0, 0.05) is 18.2 Å². The van der Waals surface area contributed by atoms with Gasteiger partial charge in [0.25, 0.3) is 15.9 Å². The summed E-state index contributed by atoms with van der Waals surface area (Å²) < 4.78 is 27.8. The standard InChI is InChI=1S/C21H24N2O3S/c24-21(22-18-8-2-3-9-18)17-11-13-19(14-12-17)27(25,26)23-15-5-7-16-6-1-4-10-20(16)23/h1,4,6,10-14,18H,2-3,5,7-9,15H2,(H,22,24). The van der Waals surface area contributed by atoms with Crippen molar-refractivity contribution in [2.45, 2.75) is 49.5 Å². The number of nitrogens with one attached hydrogen (secondary N) is 1. The lowest BCUT2D eigenvalue weighted by Gasteiger charge is -2.30. The van der Waals surface area contributed by atoms with Crippen LogP contribution in [0.1, 0.15) is 48.0 Å². The van der Waals surface area contributed by atoms with Gasteiger partial charge in [-0.3, -0.25) is 9.10 Å². The summed E-state index contributed by atoms with van der Waals surface area (Å²) in [7, 11) is -3.64. The monoisotopic (exact) mass is 384 g/mol. The van der Waals surface area contributed by atoms with Crippen LogP contribution in [0.5, 0.6) is 0 Å². The molecule has 1 heterocycles. The molecule has 0 saturated heterocycles. The minimum atomic E-state index is -3.64. The fourth-order valence-electron chi connectivity index (χ4n) is 3.99. The Morgan fingerprint density at radius 3 is 2.41 bits per heavy atom. The molecule has 2 aromatic carbocycles. The Labute approximate surface area is 160 Å². The van der Waals surface area contributed by atoms with Crippen LogP contribution in [0.2, 0.25) is 0 Å². The van der Waals surface area contributed by atoms with E-state index in [0.29, 0.717) is 12.1 Å². The van der Waals surface area contributed by atoms with Crippen molar-refractivity contribution < 1.29 is 13.2 Å². The summed E-state index contributed by atoms with van der Waals surface area (Å²) in [5.41, 5.74) is 2.31. The average Bonchev–Trinajstić information content (AvgIpc) is 3.20. The molecular weight excluding hydrogens is 360 g/mol. The molecule has 0 radical (unpaired) electrons. The predicted molar refractivity (Wildman–Crippen MR) is 105 cm³/mol. The molecule has 1 amide bonds. The zero-order chi connectivity index (χ0) is 18.9. The summed E-state index contributed by atoms with van der Waals surface area (Å²) in [5.74, 6) is -0.130. The van der Waals surface area contributed by atoms with Gasteiger partial charge in [0.2, 0.25) is 0 Å². The Morgan fingerprint density at radius 1 is 0.963 bits per heavy atom. The molecular formula is C21H24N2O3S. The third kappa shape index (κ3) is 3.58. The van der Waals surface area contributed by atoms with Crippen LogP contribution in [0.3, 0.4) is 0 Å². The van der Waals surface area contributed by atoms with Gasteiger partial charge in [-0.2, -0.15) is 0 Å². The van der Waals surface area contributed by atoms with Crippen molar-refractivity contribution in [3.63, 3.8) is 0 Å². The number of carbonyl (C=O) groups is 1. The van der Waals surface area contributed by atoms with E-state index >= 15 is 0 Å². The van der Waals surface area contributed by atoms with Crippen LogP contribution in [0, 0.1) is 0 Å². The van der Waals surface area contributed by atoms with Crippen LogP contribution in [0.25, 0.3) is 0 Å². The number of sulfonamides is 1. The van der Waals surface area contributed by atoms with Crippen molar-refractivity contribution in [2.75, 3.05) is 10.8 Å². The maximum Gasteiger partial charge on any atom is 0.264 e. The molecule has 1 aliphatic carbocycles. The van der Waals surface area contributed by atoms with Crippen LogP contribution < -0.4 is 9.62 Å². The molecule has 0 unspecified atom stereocenters. The second kappa shape index (κ2) is 7.35. The second-order valence-corrected chi connectivity index (χ2v) is 9.15. The van der Waals surface area contributed by atoms with E-state index in [1.165, 1.54) is 16.4 Å². The van der Waals surface area contributed by atoms with Crippen LogP contribution in [-0.2, 0) is 16.4 Å². The number of carbonyl (C=O) groups excluding carboxylic acids is 1. The Hall–Kier alpha value is -2.34. The summed E-state index contributed by atoms with van der Waals surface area (Å²) in [6, 6.07) is 14.2. The highest BCUT2D eigenvalue weighted by Crippen LogP contribution is 2.31. The van der Waals surface area contributed by atoms with E-state index in [4.69, 9.17) is 0 Å². The topological polar surface area (TPSA) is 66.5 Å². The third-order valence-electron chi connectivity index (χ3n) is 5.46. The summed E-state index contributed by atoms with van der Waals surface area (Å²) in [5, 5.41) is 3.03. The average molecular weight is 385 g/mol. The molecule has 2 aliphatic rings. The maximum atomic E-state index is 13.1. The van der Waals surface area contributed by atoms with Gasteiger partial charge in [0.15, 0.2) is 0 Å². The van der Waals surface area contributed by atoms with E-state index in [1.54, 1.807) is 12.1 Å². The molecule has 5 nitrogen and oxygen atoms in total. The van der Waals surface area contributed by atoms with E-state index in [-0.39, 0.29) is 16.8 Å². The molecule has 4 rings (SSSR count). The highest BCUT2D eigenvalue weighted by Gasteiger charge is 2.29. The number of anilines is 1. The first kappa shape index (κ1) is 18.0. The zero-order valence-electron chi connectivity index (χ0n) is 15.2. The molecule has 27 heavy (non-hydrogen) atoms. The van der Waals surface area contributed by atoms with Gasteiger partial charge in [-0.05, 0) is 61.6 Å². The van der Waals surface area contributed by atoms with Gasteiger partial charge < -0.3 is 5.32 Å². The molecule has 142 valence electrons. The molecule has 1 saturated carbocycles. The van der Waals surface area contributed by atoms with Crippen molar-refractivity contribution in [2.24, 2.45) is 0 Å². The van der Waals surface area contributed by atoms with E-state index in [1.807, 2.05) is 24.3 Å². The van der Waals surface area contributed by atoms with E-state index in [0.717, 1.165) is 49.8 Å². The summed E-state index contributed by atoms with van der Waals surface area (Å²) in [6.07, 6.45) is 6.04. The number of nitrogens with zero attached hydrogens (tertiary/aromatic N) is 1. The molecule has 6 heteroatoms. The Morgan fingerprint density at radius 2 is 1.67 bits per heavy atom. The number of para-hydroxylation sites is 1. The van der Waals surface area contributed by atoms with E-state index < -0.39 is 10.0 Å². The van der Waals surface area contributed by atoms with Gasteiger partial charge in [-0.25, -0.2) is 8.42 Å². The quantitative estimate of drug-likeness (QED) is 0.877. The molecule has 1 fully saturated rings. The first-order valence-electron chi connectivity index (χ1n) is 9.57. The normalized spacial score (nSPS) is 17.6. The van der Waals surface area contributed by atoms with Crippen LogP contribution >= 0.6 is 0 Å². The minimum absolute atomic E-state index is 0.130. The zero-order valence-corrected chi connectivity index (χ0v) is 16.0. The number of hydrogen-bond acceptors (Lipinski definition) is 3. The lowest BCUT2D eigenvalue weighted by atomic mass is 10.0. The number of rotatable bonds is 4. The smallest absolute Gasteiger partial charge is 0.264 e. The van der Waals surface area contributed by atoms with Crippen molar-refractivity contribution in [3.05, 3.63) is 59.7 Å². The first-order valence-corrected chi connectivity index (χ1v) is 11.0. The van der Waals surface area contributed by atoms with Crippen LogP contribution in [0.4, 0.5) is 5.69 Å². The number of benzene rings is 2. The van der Waals surface area contributed by atoms with Gasteiger partial charge >= 0.3 is 0 Å². The highest BCUT2D eigenvalue weighted by atomic mass is 32.2. The molecule has 0 bridgehead atoms. The highest BCUT2D eigenvalue weighted by molar-refractivity contribution is 7.92. The summed E-state index contributed by atoms with van der Waals surface area (Å²) in [4.78, 5) is 12.6. The number of amides is 1. The lowest BCUT2D eigenvalue weighted by Crippen LogP contribution is -2.35. The molecule has 1 aliphatic heterocycles. The Kier molecular flexibility index (Phi) is 4.91. The Bertz CT molecular complexity index is 932. The molecule has 0 aromatic heterocycles. The lowest BCUT2D eigenvalue weighted by molar-refractivity contribution is 0.0938. The van der Waals surface area contributed by atoms with Gasteiger partial charge in [0.05, 0.1) is 10.6 Å². The SMILES string of the molecule is O=C(NC1CCCC1)c1ccc(S(=O)(=O)N2CCCc3ccccc32)cc1. The van der Waals surface area contributed by atoms with Gasteiger partial charge in [0.1, 0.15) is 0 Å². The largest absolute Gasteiger partial charge is 0.349 e. The molecule has 1 N–H and O–H groups in total. The van der Waals surface area contributed by atoms with Crippen molar-refractivity contribution >= 4 is 21.6 Å². The fourth-order valence-corrected chi connectivity index (χ4v) is 5.53. The molecule has 2 aromatic rings.